The van der Waals surface area contributed by atoms with Crippen LogP contribution in [0.5, 0.6) is 0 Å². The van der Waals surface area contributed by atoms with Gasteiger partial charge in [-0.2, -0.15) is 0 Å². The molecule has 100 valence electrons. The van der Waals surface area contributed by atoms with E-state index in [0.717, 1.165) is 29.0 Å². The molecule has 1 atom stereocenters. The molecular formula is C17H19ClO. The van der Waals surface area contributed by atoms with Crippen molar-refractivity contribution in [2.24, 2.45) is 0 Å². The van der Waals surface area contributed by atoms with Crippen molar-refractivity contribution in [2.75, 3.05) is 0 Å². The quantitative estimate of drug-likeness (QED) is 0.847. The Kier molecular flexibility index (Phi) is 4.62. The van der Waals surface area contributed by atoms with E-state index in [1.807, 2.05) is 54.6 Å². The molecule has 2 rings (SSSR count). The van der Waals surface area contributed by atoms with Crippen LogP contribution < -0.4 is 0 Å². The van der Waals surface area contributed by atoms with Crippen molar-refractivity contribution >= 4 is 11.6 Å². The van der Waals surface area contributed by atoms with E-state index >= 15 is 0 Å². The standard InChI is InChI=1S/C17H19ClO/c1-2-12-17(19,15-6-4-3-5-7-15)13-14-8-10-16(18)11-9-14/h3-11,19H,2,12-13H2,1H3. The molecule has 0 aromatic heterocycles. The van der Waals surface area contributed by atoms with Crippen molar-refractivity contribution in [3.05, 3.63) is 70.7 Å². The molecule has 0 aliphatic carbocycles. The Balaban J connectivity index is 2.27. The summed E-state index contributed by atoms with van der Waals surface area (Å²) in [7, 11) is 0. The van der Waals surface area contributed by atoms with Crippen molar-refractivity contribution in [1.29, 1.82) is 0 Å². The molecule has 0 radical (unpaired) electrons. The highest BCUT2D eigenvalue weighted by Gasteiger charge is 2.28. The van der Waals surface area contributed by atoms with Gasteiger partial charge >= 0.3 is 0 Å². The fourth-order valence-electron chi connectivity index (χ4n) is 2.44. The van der Waals surface area contributed by atoms with Crippen LogP contribution in [0.2, 0.25) is 5.02 Å². The number of benzene rings is 2. The molecule has 0 spiro atoms. The Morgan fingerprint density at radius 1 is 1.00 bits per heavy atom. The normalized spacial score (nSPS) is 14.1. The van der Waals surface area contributed by atoms with Crippen LogP contribution in [0.15, 0.2) is 54.6 Å². The third-order valence-electron chi connectivity index (χ3n) is 3.38. The van der Waals surface area contributed by atoms with Crippen molar-refractivity contribution in [1.82, 2.24) is 0 Å². The van der Waals surface area contributed by atoms with Crippen LogP contribution >= 0.6 is 11.6 Å². The van der Waals surface area contributed by atoms with E-state index < -0.39 is 5.60 Å². The topological polar surface area (TPSA) is 20.2 Å². The van der Waals surface area contributed by atoms with E-state index in [9.17, 15) is 5.11 Å². The Morgan fingerprint density at radius 3 is 2.21 bits per heavy atom. The molecule has 0 saturated carbocycles. The summed E-state index contributed by atoms with van der Waals surface area (Å²) in [6.45, 7) is 2.09. The predicted molar refractivity (Wildman–Crippen MR) is 80.4 cm³/mol. The van der Waals surface area contributed by atoms with Gasteiger partial charge in [-0.3, -0.25) is 0 Å². The van der Waals surface area contributed by atoms with Gasteiger partial charge in [0.25, 0.3) is 0 Å². The maximum Gasteiger partial charge on any atom is 0.0936 e. The van der Waals surface area contributed by atoms with E-state index in [-0.39, 0.29) is 0 Å². The van der Waals surface area contributed by atoms with E-state index in [2.05, 4.69) is 6.92 Å². The van der Waals surface area contributed by atoms with Crippen LogP contribution in [0.25, 0.3) is 0 Å². The average Bonchev–Trinajstić information content (AvgIpc) is 2.43. The van der Waals surface area contributed by atoms with Gasteiger partial charge in [0, 0.05) is 11.4 Å². The van der Waals surface area contributed by atoms with Crippen molar-refractivity contribution in [2.45, 2.75) is 31.8 Å². The molecule has 2 aromatic carbocycles. The zero-order valence-electron chi connectivity index (χ0n) is 11.1. The summed E-state index contributed by atoms with van der Waals surface area (Å²) < 4.78 is 0. The molecule has 19 heavy (non-hydrogen) atoms. The molecule has 2 heteroatoms. The molecular weight excluding hydrogens is 256 g/mol. The minimum atomic E-state index is -0.802. The summed E-state index contributed by atoms with van der Waals surface area (Å²) in [4.78, 5) is 0. The van der Waals surface area contributed by atoms with Gasteiger partial charge in [0.2, 0.25) is 0 Å². The third-order valence-corrected chi connectivity index (χ3v) is 3.64. The molecule has 1 nitrogen and oxygen atoms in total. The Labute approximate surface area is 119 Å². The summed E-state index contributed by atoms with van der Waals surface area (Å²) >= 11 is 5.90. The lowest BCUT2D eigenvalue weighted by atomic mass is 9.84. The van der Waals surface area contributed by atoms with Crippen LogP contribution in [0.1, 0.15) is 30.9 Å². The summed E-state index contributed by atoms with van der Waals surface area (Å²) in [6, 6.07) is 17.6. The first kappa shape index (κ1) is 14.1. The number of hydrogen-bond donors (Lipinski definition) is 1. The molecule has 0 saturated heterocycles. The first-order valence-corrected chi connectivity index (χ1v) is 7.04. The van der Waals surface area contributed by atoms with Gasteiger partial charge in [-0.05, 0) is 29.7 Å². The molecule has 0 bridgehead atoms. The fourth-order valence-corrected chi connectivity index (χ4v) is 2.56. The highest BCUT2D eigenvalue weighted by Crippen LogP contribution is 2.30. The number of rotatable bonds is 5. The van der Waals surface area contributed by atoms with Gasteiger partial charge in [0.05, 0.1) is 5.60 Å². The first-order chi connectivity index (χ1) is 9.14. The smallest absolute Gasteiger partial charge is 0.0936 e. The lowest BCUT2D eigenvalue weighted by Crippen LogP contribution is -2.28. The summed E-state index contributed by atoms with van der Waals surface area (Å²) in [5.41, 5.74) is 1.28. The van der Waals surface area contributed by atoms with Gasteiger partial charge < -0.3 is 5.11 Å². The average molecular weight is 275 g/mol. The highest BCUT2D eigenvalue weighted by molar-refractivity contribution is 6.30. The van der Waals surface area contributed by atoms with Gasteiger partial charge in [-0.1, -0.05) is 67.4 Å². The molecule has 0 fully saturated rings. The zero-order valence-corrected chi connectivity index (χ0v) is 11.9. The molecule has 0 amide bonds. The number of halogens is 1. The Bertz CT molecular complexity index is 507. The van der Waals surface area contributed by atoms with Crippen molar-refractivity contribution in [3.8, 4) is 0 Å². The fraction of sp³-hybridized carbons (Fsp3) is 0.294. The maximum absolute atomic E-state index is 11.0. The lowest BCUT2D eigenvalue weighted by Gasteiger charge is -2.28. The van der Waals surface area contributed by atoms with E-state index in [1.54, 1.807) is 0 Å². The third kappa shape index (κ3) is 3.59. The number of hydrogen-bond acceptors (Lipinski definition) is 1. The Morgan fingerprint density at radius 2 is 1.63 bits per heavy atom. The molecule has 0 heterocycles. The molecule has 0 aliphatic heterocycles. The van der Waals surface area contributed by atoms with Crippen LogP contribution in [0.3, 0.4) is 0 Å². The summed E-state index contributed by atoms with van der Waals surface area (Å²) in [5.74, 6) is 0. The molecule has 0 aliphatic rings. The van der Waals surface area contributed by atoms with Crippen LogP contribution in [0.4, 0.5) is 0 Å². The summed E-state index contributed by atoms with van der Waals surface area (Å²) in [5, 5.41) is 11.7. The minimum absolute atomic E-state index is 0.613. The van der Waals surface area contributed by atoms with E-state index in [0.29, 0.717) is 6.42 Å². The zero-order chi connectivity index (χ0) is 13.7. The lowest BCUT2D eigenvalue weighted by molar-refractivity contribution is 0.0269. The number of aliphatic hydroxyl groups is 1. The van der Waals surface area contributed by atoms with Gasteiger partial charge in [0.15, 0.2) is 0 Å². The van der Waals surface area contributed by atoms with E-state index in [1.165, 1.54) is 0 Å². The van der Waals surface area contributed by atoms with Crippen LogP contribution in [0, 0.1) is 0 Å². The molecule has 1 N–H and O–H groups in total. The maximum atomic E-state index is 11.0. The molecule has 1 unspecified atom stereocenters. The predicted octanol–water partition coefficient (Wildman–Crippen LogP) is 4.57. The van der Waals surface area contributed by atoms with Crippen LogP contribution in [-0.4, -0.2) is 5.11 Å². The van der Waals surface area contributed by atoms with Crippen molar-refractivity contribution < 1.29 is 5.11 Å². The van der Waals surface area contributed by atoms with Crippen LogP contribution in [-0.2, 0) is 12.0 Å². The van der Waals surface area contributed by atoms with Gasteiger partial charge in [-0.15, -0.1) is 0 Å². The highest BCUT2D eigenvalue weighted by atomic mass is 35.5. The minimum Gasteiger partial charge on any atom is -0.385 e. The molecule has 2 aromatic rings. The van der Waals surface area contributed by atoms with Crippen molar-refractivity contribution in [3.63, 3.8) is 0 Å². The van der Waals surface area contributed by atoms with E-state index in [4.69, 9.17) is 11.6 Å². The Hall–Kier alpha value is -1.31. The van der Waals surface area contributed by atoms with Gasteiger partial charge in [-0.25, -0.2) is 0 Å². The summed E-state index contributed by atoms with van der Waals surface area (Å²) in [6.07, 6.45) is 2.31. The second kappa shape index (κ2) is 6.23. The second-order valence-corrected chi connectivity index (χ2v) is 5.39. The SMILES string of the molecule is CCCC(O)(Cc1ccc(Cl)cc1)c1ccccc1. The van der Waals surface area contributed by atoms with Gasteiger partial charge in [0.1, 0.15) is 0 Å². The first-order valence-electron chi connectivity index (χ1n) is 6.66. The monoisotopic (exact) mass is 274 g/mol. The second-order valence-electron chi connectivity index (χ2n) is 4.95. The largest absolute Gasteiger partial charge is 0.385 e.